The van der Waals surface area contributed by atoms with Gasteiger partial charge in [0.15, 0.2) is 0 Å². The zero-order valence-electron chi connectivity index (χ0n) is 8.27. The Bertz CT molecular complexity index is 115. The SMILES string of the molecule is CCC(O)(CC)C1CCCC1.S. The highest BCUT2D eigenvalue weighted by atomic mass is 32.1. The molecule has 0 spiro atoms. The predicted octanol–water partition coefficient (Wildman–Crippen LogP) is 2.84. The molecule has 0 bridgehead atoms. The third-order valence-electron chi connectivity index (χ3n) is 3.34. The molecule has 0 aliphatic heterocycles. The number of rotatable bonds is 3. The van der Waals surface area contributed by atoms with Gasteiger partial charge in [-0.05, 0) is 31.6 Å². The highest BCUT2D eigenvalue weighted by Gasteiger charge is 2.34. The summed E-state index contributed by atoms with van der Waals surface area (Å²) in [7, 11) is 0. The van der Waals surface area contributed by atoms with E-state index in [0.29, 0.717) is 5.92 Å². The molecular weight excluding hydrogens is 168 g/mol. The van der Waals surface area contributed by atoms with Gasteiger partial charge in [0.2, 0.25) is 0 Å². The first-order valence-corrected chi connectivity index (χ1v) is 4.95. The molecule has 0 heterocycles. The minimum atomic E-state index is -0.337. The number of aliphatic hydroxyl groups is 1. The molecule has 12 heavy (non-hydrogen) atoms. The molecule has 0 atom stereocenters. The van der Waals surface area contributed by atoms with E-state index in [4.69, 9.17) is 0 Å². The second-order valence-electron chi connectivity index (χ2n) is 3.79. The molecule has 1 nitrogen and oxygen atoms in total. The lowest BCUT2D eigenvalue weighted by Crippen LogP contribution is -2.34. The summed E-state index contributed by atoms with van der Waals surface area (Å²) in [6, 6.07) is 0. The van der Waals surface area contributed by atoms with E-state index >= 15 is 0 Å². The van der Waals surface area contributed by atoms with Crippen molar-refractivity contribution in [3.63, 3.8) is 0 Å². The third kappa shape index (κ3) is 2.40. The maximum absolute atomic E-state index is 10.1. The van der Waals surface area contributed by atoms with Crippen molar-refractivity contribution in [3.8, 4) is 0 Å². The Morgan fingerprint density at radius 3 is 1.92 bits per heavy atom. The van der Waals surface area contributed by atoms with E-state index in [2.05, 4.69) is 13.8 Å². The van der Waals surface area contributed by atoms with Crippen LogP contribution in [0.3, 0.4) is 0 Å². The normalized spacial score (nSPS) is 19.2. The Morgan fingerprint density at radius 1 is 1.17 bits per heavy atom. The monoisotopic (exact) mass is 190 g/mol. The number of hydrogen-bond acceptors (Lipinski definition) is 1. The molecular formula is C10H22OS. The zero-order chi connectivity index (χ0) is 8.32. The van der Waals surface area contributed by atoms with Crippen LogP contribution in [0.1, 0.15) is 52.4 Å². The van der Waals surface area contributed by atoms with Crippen LogP contribution < -0.4 is 0 Å². The van der Waals surface area contributed by atoms with E-state index < -0.39 is 0 Å². The molecule has 1 rings (SSSR count). The minimum absolute atomic E-state index is 0. The molecule has 0 radical (unpaired) electrons. The molecule has 2 heteroatoms. The van der Waals surface area contributed by atoms with Crippen molar-refractivity contribution in [2.24, 2.45) is 5.92 Å². The molecule has 1 N–H and O–H groups in total. The van der Waals surface area contributed by atoms with Crippen molar-refractivity contribution in [2.75, 3.05) is 0 Å². The molecule has 0 amide bonds. The maximum atomic E-state index is 10.1. The van der Waals surface area contributed by atoms with Gasteiger partial charge in [-0.3, -0.25) is 0 Å². The molecule has 0 saturated heterocycles. The smallest absolute Gasteiger partial charge is 0.0670 e. The molecule has 74 valence electrons. The van der Waals surface area contributed by atoms with Crippen LogP contribution in [0.15, 0.2) is 0 Å². The van der Waals surface area contributed by atoms with Crippen molar-refractivity contribution >= 4 is 13.5 Å². The van der Waals surface area contributed by atoms with Crippen LogP contribution in [-0.2, 0) is 0 Å². The summed E-state index contributed by atoms with van der Waals surface area (Å²) in [5, 5.41) is 10.1. The van der Waals surface area contributed by atoms with Crippen molar-refractivity contribution in [3.05, 3.63) is 0 Å². The van der Waals surface area contributed by atoms with Gasteiger partial charge in [0.25, 0.3) is 0 Å². The Balaban J connectivity index is 0.00000121. The van der Waals surface area contributed by atoms with E-state index in [-0.39, 0.29) is 19.1 Å². The predicted molar refractivity (Wildman–Crippen MR) is 57.9 cm³/mol. The molecule has 0 aromatic carbocycles. The van der Waals surface area contributed by atoms with Crippen molar-refractivity contribution in [1.82, 2.24) is 0 Å². The summed E-state index contributed by atoms with van der Waals surface area (Å²) in [4.78, 5) is 0. The molecule has 0 aromatic rings. The summed E-state index contributed by atoms with van der Waals surface area (Å²) in [5.74, 6) is 0.595. The fourth-order valence-corrected chi connectivity index (χ4v) is 2.29. The Kier molecular flexibility index (Phi) is 5.26. The molecule has 1 aliphatic rings. The fourth-order valence-electron chi connectivity index (χ4n) is 2.29. The molecule has 1 fully saturated rings. The van der Waals surface area contributed by atoms with Crippen LogP contribution in [0.2, 0.25) is 0 Å². The molecule has 1 aliphatic carbocycles. The first-order chi connectivity index (χ1) is 5.23. The van der Waals surface area contributed by atoms with E-state index in [1.807, 2.05) is 0 Å². The quantitative estimate of drug-likeness (QED) is 0.725. The number of hydrogen-bond donors (Lipinski definition) is 1. The molecule has 0 aromatic heterocycles. The van der Waals surface area contributed by atoms with E-state index in [1.165, 1.54) is 25.7 Å². The van der Waals surface area contributed by atoms with Crippen LogP contribution in [0.5, 0.6) is 0 Å². The van der Waals surface area contributed by atoms with Crippen LogP contribution >= 0.6 is 13.5 Å². The zero-order valence-corrected chi connectivity index (χ0v) is 9.27. The summed E-state index contributed by atoms with van der Waals surface area (Å²) >= 11 is 0. The third-order valence-corrected chi connectivity index (χ3v) is 3.34. The summed E-state index contributed by atoms with van der Waals surface area (Å²) in [5.41, 5.74) is -0.337. The highest BCUT2D eigenvalue weighted by Crippen LogP contribution is 2.37. The van der Waals surface area contributed by atoms with Crippen LogP contribution in [-0.4, -0.2) is 10.7 Å². The second-order valence-corrected chi connectivity index (χ2v) is 3.79. The molecule has 0 unspecified atom stereocenters. The van der Waals surface area contributed by atoms with Gasteiger partial charge >= 0.3 is 0 Å². The standard InChI is InChI=1S/C10H20O.H2S/c1-3-10(11,4-2)9-7-5-6-8-9;/h9,11H,3-8H2,1-2H3;1H2. The van der Waals surface area contributed by atoms with Crippen molar-refractivity contribution in [1.29, 1.82) is 0 Å². The van der Waals surface area contributed by atoms with Gasteiger partial charge in [0.05, 0.1) is 5.60 Å². The average molecular weight is 190 g/mol. The lowest BCUT2D eigenvalue weighted by atomic mass is 9.82. The van der Waals surface area contributed by atoms with E-state index in [1.54, 1.807) is 0 Å². The Labute approximate surface area is 83.0 Å². The van der Waals surface area contributed by atoms with E-state index in [0.717, 1.165) is 12.8 Å². The fraction of sp³-hybridized carbons (Fsp3) is 1.00. The van der Waals surface area contributed by atoms with Crippen molar-refractivity contribution in [2.45, 2.75) is 58.0 Å². The van der Waals surface area contributed by atoms with E-state index in [9.17, 15) is 5.11 Å². The lowest BCUT2D eigenvalue weighted by molar-refractivity contribution is -0.0233. The maximum Gasteiger partial charge on any atom is 0.0670 e. The average Bonchev–Trinajstić information content (AvgIpc) is 2.55. The first kappa shape index (κ1) is 12.3. The van der Waals surface area contributed by atoms with Gasteiger partial charge in [-0.25, -0.2) is 0 Å². The largest absolute Gasteiger partial charge is 0.390 e. The summed E-state index contributed by atoms with van der Waals surface area (Å²) in [6.45, 7) is 4.20. The minimum Gasteiger partial charge on any atom is -0.390 e. The molecule has 1 saturated carbocycles. The van der Waals surface area contributed by atoms with Gasteiger partial charge in [0.1, 0.15) is 0 Å². The second kappa shape index (κ2) is 5.13. The van der Waals surface area contributed by atoms with Crippen LogP contribution in [0, 0.1) is 5.92 Å². The first-order valence-electron chi connectivity index (χ1n) is 4.95. The van der Waals surface area contributed by atoms with Crippen molar-refractivity contribution < 1.29 is 5.11 Å². The summed E-state index contributed by atoms with van der Waals surface area (Å²) < 4.78 is 0. The van der Waals surface area contributed by atoms with Gasteiger partial charge in [-0.1, -0.05) is 26.7 Å². The topological polar surface area (TPSA) is 20.2 Å². The lowest BCUT2D eigenvalue weighted by Gasteiger charge is -2.31. The van der Waals surface area contributed by atoms with Crippen LogP contribution in [0.4, 0.5) is 0 Å². The van der Waals surface area contributed by atoms with Gasteiger partial charge in [-0.15, -0.1) is 0 Å². The van der Waals surface area contributed by atoms with Crippen LogP contribution in [0.25, 0.3) is 0 Å². The highest BCUT2D eigenvalue weighted by molar-refractivity contribution is 7.59. The summed E-state index contributed by atoms with van der Waals surface area (Å²) in [6.07, 6.45) is 7.00. The Hall–Kier alpha value is 0.310. The van der Waals surface area contributed by atoms with Gasteiger partial charge in [-0.2, -0.15) is 13.5 Å². The Morgan fingerprint density at radius 2 is 1.58 bits per heavy atom. The van der Waals surface area contributed by atoms with Gasteiger partial charge in [0, 0.05) is 0 Å². The van der Waals surface area contributed by atoms with Gasteiger partial charge < -0.3 is 5.11 Å².